The Labute approximate surface area is 107 Å². The molecule has 1 aliphatic heterocycles. The summed E-state index contributed by atoms with van der Waals surface area (Å²) in [5.41, 5.74) is 1.28. The predicted octanol–water partition coefficient (Wildman–Crippen LogP) is 2.51. The fraction of sp³-hybridized carbons (Fsp3) is 0.769. The van der Waals surface area contributed by atoms with Crippen molar-refractivity contribution < 1.29 is 4.74 Å². The van der Waals surface area contributed by atoms with Gasteiger partial charge < -0.3 is 4.74 Å². The van der Waals surface area contributed by atoms with E-state index in [1.807, 2.05) is 11.3 Å². The van der Waals surface area contributed by atoms with Crippen molar-refractivity contribution in [2.45, 2.75) is 51.8 Å². The first-order valence-electron chi connectivity index (χ1n) is 6.52. The Morgan fingerprint density at radius 2 is 2.29 bits per heavy atom. The van der Waals surface area contributed by atoms with E-state index in [1.54, 1.807) is 0 Å². The molecule has 1 aromatic heterocycles. The summed E-state index contributed by atoms with van der Waals surface area (Å²) < 4.78 is 5.85. The van der Waals surface area contributed by atoms with Crippen LogP contribution in [0.25, 0.3) is 0 Å². The topological polar surface area (TPSA) is 25.4 Å². The van der Waals surface area contributed by atoms with Crippen molar-refractivity contribution in [3.8, 4) is 0 Å². The second-order valence-electron chi connectivity index (χ2n) is 5.11. The normalized spacial score (nSPS) is 29.5. The molecule has 0 N–H and O–H groups in total. The minimum absolute atomic E-state index is 0.490. The van der Waals surface area contributed by atoms with E-state index in [-0.39, 0.29) is 0 Å². The number of thiazole rings is 1. The molecule has 2 heterocycles. The highest BCUT2D eigenvalue weighted by atomic mass is 32.1. The van der Waals surface area contributed by atoms with Gasteiger partial charge in [-0.05, 0) is 33.1 Å². The second kappa shape index (κ2) is 4.67. The third kappa shape index (κ3) is 2.26. The first-order valence-corrected chi connectivity index (χ1v) is 7.34. The molecule has 2 atom stereocenters. The Hall–Kier alpha value is -0.450. The number of nitrogens with zero attached hydrogens (tertiary/aromatic N) is 2. The SMILES string of the molecule is Cc1nc(CN2CCO[C@H]3CCC[C@H]32)c(C)s1. The highest BCUT2D eigenvalue weighted by molar-refractivity contribution is 7.11. The largest absolute Gasteiger partial charge is 0.375 e. The van der Waals surface area contributed by atoms with Gasteiger partial charge in [0.25, 0.3) is 0 Å². The lowest BCUT2D eigenvalue weighted by Crippen LogP contribution is -2.47. The standard InChI is InChI=1S/C13H20N2OS/c1-9-11(14-10(2)17-9)8-15-6-7-16-13-5-3-4-12(13)15/h12-13H,3-8H2,1-2H3/t12-,13+/m1/s1. The van der Waals surface area contributed by atoms with Crippen LogP contribution >= 0.6 is 11.3 Å². The molecular formula is C13H20N2OS. The lowest BCUT2D eigenvalue weighted by Gasteiger charge is -2.37. The molecule has 3 rings (SSSR count). The number of fused-ring (bicyclic) bond motifs is 1. The van der Waals surface area contributed by atoms with Gasteiger partial charge in [-0.25, -0.2) is 4.98 Å². The summed E-state index contributed by atoms with van der Waals surface area (Å²) in [6.07, 6.45) is 4.35. The molecule has 17 heavy (non-hydrogen) atoms. The van der Waals surface area contributed by atoms with Gasteiger partial charge in [0.1, 0.15) is 0 Å². The van der Waals surface area contributed by atoms with E-state index in [9.17, 15) is 0 Å². The van der Waals surface area contributed by atoms with Crippen LogP contribution in [0.4, 0.5) is 0 Å². The maximum Gasteiger partial charge on any atom is 0.0900 e. The molecule has 1 aromatic rings. The van der Waals surface area contributed by atoms with E-state index >= 15 is 0 Å². The zero-order valence-electron chi connectivity index (χ0n) is 10.6. The lowest BCUT2D eigenvalue weighted by molar-refractivity contribution is -0.0592. The van der Waals surface area contributed by atoms with Gasteiger partial charge in [0.2, 0.25) is 0 Å². The molecule has 0 bridgehead atoms. The van der Waals surface area contributed by atoms with Gasteiger partial charge in [-0.2, -0.15) is 0 Å². The molecule has 94 valence electrons. The van der Waals surface area contributed by atoms with Crippen LogP contribution in [0.15, 0.2) is 0 Å². The lowest BCUT2D eigenvalue weighted by atomic mass is 10.1. The molecule has 2 aliphatic rings. The van der Waals surface area contributed by atoms with Crippen molar-refractivity contribution >= 4 is 11.3 Å². The minimum Gasteiger partial charge on any atom is -0.375 e. The van der Waals surface area contributed by atoms with E-state index in [0.29, 0.717) is 12.1 Å². The van der Waals surface area contributed by atoms with Gasteiger partial charge in [0.05, 0.1) is 23.4 Å². The van der Waals surface area contributed by atoms with Gasteiger partial charge in [-0.15, -0.1) is 11.3 Å². The number of hydrogen-bond donors (Lipinski definition) is 0. The summed E-state index contributed by atoms with van der Waals surface area (Å²) in [5.74, 6) is 0. The van der Waals surface area contributed by atoms with E-state index in [4.69, 9.17) is 4.74 Å². The monoisotopic (exact) mass is 252 g/mol. The van der Waals surface area contributed by atoms with E-state index < -0.39 is 0 Å². The van der Waals surface area contributed by atoms with Crippen molar-refractivity contribution in [3.63, 3.8) is 0 Å². The maximum atomic E-state index is 5.85. The summed E-state index contributed by atoms with van der Waals surface area (Å²) >= 11 is 1.81. The number of aromatic nitrogens is 1. The smallest absolute Gasteiger partial charge is 0.0900 e. The summed E-state index contributed by atoms with van der Waals surface area (Å²) in [6.45, 7) is 7.26. The van der Waals surface area contributed by atoms with Gasteiger partial charge in [-0.1, -0.05) is 0 Å². The minimum atomic E-state index is 0.490. The summed E-state index contributed by atoms with van der Waals surface area (Å²) in [4.78, 5) is 8.62. The number of ether oxygens (including phenoxy) is 1. The number of rotatable bonds is 2. The Morgan fingerprint density at radius 3 is 3.06 bits per heavy atom. The molecule has 0 unspecified atom stereocenters. The van der Waals surface area contributed by atoms with Crippen molar-refractivity contribution in [2.24, 2.45) is 0 Å². The van der Waals surface area contributed by atoms with Crippen LogP contribution in [0.2, 0.25) is 0 Å². The summed E-state index contributed by atoms with van der Waals surface area (Å²) in [6, 6.07) is 0.644. The molecule has 0 aromatic carbocycles. The first kappa shape index (κ1) is 11.6. The number of hydrogen-bond acceptors (Lipinski definition) is 4. The van der Waals surface area contributed by atoms with E-state index in [0.717, 1.165) is 19.7 Å². The highest BCUT2D eigenvalue weighted by Crippen LogP contribution is 2.31. The van der Waals surface area contributed by atoms with Crippen molar-refractivity contribution in [2.75, 3.05) is 13.2 Å². The van der Waals surface area contributed by atoms with Gasteiger partial charge >= 0.3 is 0 Å². The Bertz CT molecular complexity index is 404. The molecule has 2 fully saturated rings. The van der Waals surface area contributed by atoms with Crippen LogP contribution in [0.1, 0.15) is 34.8 Å². The average Bonchev–Trinajstić information content (AvgIpc) is 2.87. The molecule has 1 aliphatic carbocycles. The second-order valence-corrected chi connectivity index (χ2v) is 6.52. The molecule has 1 saturated heterocycles. The van der Waals surface area contributed by atoms with Gasteiger partial charge in [0.15, 0.2) is 0 Å². The Kier molecular flexibility index (Phi) is 3.19. The third-order valence-electron chi connectivity index (χ3n) is 3.95. The molecule has 1 saturated carbocycles. The zero-order chi connectivity index (χ0) is 11.8. The Balaban J connectivity index is 1.73. The molecule has 4 heteroatoms. The van der Waals surface area contributed by atoms with Crippen LogP contribution in [0.3, 0.4) is 0 Å². The zero-order valence-corrected chi connectivity index (χ0v) is 11.4. The molecule has 3 nitrogen and oxygen atoms in total. The summed E-state index contributed by atoms with van der Waals surface area (Å²) in [7, 11) is 0. The first-order chi connectivity index (χ1) is 8.24. The quantitative estimate of drug-likeness (QED) is 0.808. The molecule has 0 amide bonds. The number of aryl methyl sites for hydroxylation is 2. The number of morpholine rings is 1. The van der Waals surface area contributed by atoms with Crippen LogP contribution in [0, 0.1) is 13.8 Å². The predicted molar refractivity (Wildman–Crippen MR) is 69.4 cm³/mol. The average molecular weight is 252 g/mol. The summed E-state index contributed by atoms with van der Waals surface area (Å²) in [5, 5.41) is 1.19. The van der Waals surface area contributed by atoms with Crippen LogP contribution in [-0.4, -0.2) is 35.2 Å². The van der Waals surface area contributed by atoms with Crippen LogP contribution in [-0.2, 0) is 11.3 Å². The third-order valence-corrected chi connectivity index (χ3v) is 4.88. The van der Waals surface area contributed by atoms with E-state index in [2.05, 4.69) is 23.7 Å². The molecule has 0 radical (unpaired) electrons. The van der Waals surface area contributed by atoms with Crippen molar-refractivity contribution in [3.05, 3.63) is 15.6 Å². The molecular weight excluding hydrogens is 232 g/mol. The van der Waals surface area contributed by atoms with E-state index in [1.165, 1.54) is 34.8 Å². The highest BCUT2D eigenvalue weighted by Gasteiger charge is 2.36. The molecule has 0 spiro atoms. The Morgan fingerprint density at radius 1 is 1.41 bits per heavy atom. The van der Waals surface area contributed by atoms with Gasteiger partial charge in [0, 0.05) is 24.0 Å². The maximum absolute atomic E-state index is 5.85. The van der Waals surface area contributed by atoms with Crippen LogP contribution < -0.4 is 0 Å². The fourth-order valence-corrected chi connectivity index (χ4v) is 3.94. The van der Waals surface area contributed by atoms with Crippen molar-refractivity contribution in [1.29, 1.82) is 0 Å². The van der Waals surface area contributed by atoms with Crippen LogP contribution in [0.5, 0.6) is 0 Å². The van der Waals surface area contributed by atoms with Gasteiger partial charge in [-0.3, -0.25) is 4.90 Å². The fourth-order valence-electron chi connectivity index (χ4n) is 3.11. The van der Waals surface area contributed by atoms with Crippen molar-refractivity contribution in [1.82, 2.24) is 9.88 Å².